The Bertz CT molecular complexity index is 633. The van der Waals surface area contributed by atoms with Gasteiger partial charge in [0.2, 0.25) is 0 Å². The van der Waals surface area contributed by atoms with Crippen molar-refractivity contribution < 1.29 is 14.3 Å². The monoisotopic (exact) mass is 317 g/mol. The third kappa shape index (κ3) is 3.83. The van der Waals surface area contributed by atoms with Crippen LogP contribution in [-0.4, -0.2) is 32.2 Å². The van der Waals surface area contributed by atoms with Crippen molar-refractivity contribution in [3.05, 3.63) is 41.1 Å². The molecule has 2 amide bonds. The van der Waals surface area contributed by atoms with Crippen molar-refractivity contribution in [3.63, 3.8) is 0 Å². The van der Waals surface area contributed by atoms with Crippen LogP contribution >= 0.6 is 0 Å². The van der Waals surface area contributed by atoms with E-state index in [9.17, 15) is 9.59 Å². The first kappa shape index (κ1) is 16.9. The smallest absolute Gasteiger partial charge is 0.338 e. The molecule has 0 saturated heterocycles. The van der Waals surface area contributed by atoms with Crippen LogP contribution in [0.3, 0.4) is 0 Å². The number of rotatable bonds is 4. The molecule has 1 unspecified atom stereocenters. The van der Waals surface area contributed by atoms with Gasteiger partial charge in [-0.2, -0.15) is 0 Å². The lowest BCUT2D eigenvalue weighted by atomic mass is 9.95. The van der Waals surface area contributed by atoms with Crippen LogP contribution in [0, 0.1) is 0 Å². The summed E-state index contributed by atoms with van der Waals surface area (Å²) < 4.78 is 5.31. The van der Waals surface area contributed by atoms with Gasteiger partial charge in [0.05, 0.1) is 17.7 Å². The normalized spacial score (nSPS) is 17.7. The zero-order valence-electron chi connectivity index (χ0n) is 14.1. The van der Waals surface area contributed by atoms with E-state index < -0.39 is 12.0 Å². The van der Waals surface area contributed by atoms with Gasteiger partial charge in [0.15, 0.2) is 0 Å². The standard InChI is InChI=1S/C17H23N3O3/c1-10(2)23-16(21)14-11(3)18-17(22)19-15(14)12-6-8-13(9-7-12)20(4)5/h6-10,15H,1-5H3,(H2,18,19,22). The number of hydrogen-bond donors (Lipinski definition) is 2. The molecule has 0 spiro atoms. The maximum atomic E-state index is 12.4. The van der Waals surface area contributed by atoms with Crippen LogP contribution in [0.5, 0.6) is 0 Å². The molecule has 1 aliphatic heterocycles. The summed E-state index contributed by atoms with van der Waals surface area (Å²) in [5.74, 6) is -0.424. The predicted molar refractivity (Wildman–Crippen MR) is 89.1 cm³/mol. The lowest BCUT2D eigenvalue weighted by Gasteiger charge is -2.29. The Morgan fingerprint density at radius 3 is 2.35 bits per heavy atom. The molecule has 124 valence electrons. The molecule has 6 nitrogen and oxygen atoms in total. The number of carbonyl (C=O) groups is 2. The highest BCUT2D eigenvalue weighted by atomic mass is 16.5. The van der Waals surface area contributed by atoms with E-state index in [-0.39, 0.29) is 12.1 Å². The third-order valence-electron chi connectivity index (χ3n) is 3.57. The van der Waals surface area contributed by atoms with Crippen LogP contribution < -0.4 is 15.5 Å². The molecule has 1 aliphatic rings. The lowest BCUT2D eigenvalue weighted by Crippen LogP contribution is -2.45. The van der Waals surface area contributed by atoms with Crippen molar-refractivity contribution in [1.82, 2.24) is 10.6 Å². The summed E-state index contributed by atoms with van der Waals surface area (Å²) in [5, 5.41) is 5.43. The number of allylic oxidation sites excluding steroid dienone is 1. The van der Waals surface area contributed by atoms with Gasteiger partial charge in [0, 0.05) is 25.5 Å². The van der Waals surface area contributed by atoms with Crippen molar-refractivity contribution in [1.29, 1.82) is 0 Å². The number of ether oxygens (including phenoxy) is 1. The van der Waals surface area contributed by atoms with Crippen molar-refractivity contribution >= 4 is 17.7 Å². The summed E-state index contributed by atoms with van der Waals surface area (Å²) in [6, 6.07) is 6.86. The Morgan fingerprint density at radius 2 is 1.83 bits per heavy atom. The highest BCUT2D eigenvalue weighted by Gasteiger charge is 2.32. The lowest BCUT2D eigenvalue weighted by molar-refractivity contribution is -0.143. The summed E-state index contributed by atoms with van der Waals surface area (Å²) >= 11 is 0. The second kappa shape index (κ2) is 6.73. The highest BCUT2D eigenvalue weighted by molar-refractivity contribution is 5.95. The molecule has 0 bridgehead atoms. The van der Waals surface area contributed by atoms with Crippen molar-refractivity contribution in [2.24, 2.45) is 0 Å². The van der Waals surface area contributed by atoms with Crippen LogP contribution in [0.1, 0.15) is 32.4 Å². The molecule has 1 aromatic rings. The highest BCUT2D eigenvalue weighted by Crippen LogP contribution is 2.29. The first-order valence-electron chi connectivity index (χ1n) is 7.56. The summed E-state index contributed by atoms with van der Waals surface area (Å²) in [6.45, 7) is 5.30. The van der Waals surface area contributed by atoms with Crippen LogP contribution in [0.2, 0.25) is 0 Å². The van der Waals surface area contributed by atoms with Gasteiger partial charge in [0.25, 0.3) is 0 Å². The zero-order valence-corrected chi connectivity index (χ0v) is 14.1. The van der Waals surface area contributed by atoms with Crippen molar-refractivity contribution in [2.45, 2.75) is 32.9 Å². The van der Waals surface area contributed by atoms with Crippen molar-refractivity contribution in [3.8, 4) is 0 Å². The van der Waals surface area contributed by atoms with Crippen LogP contribution in [0.25, 0.3) is 0 Å². The van der Waals surface area contributed by atoms with E-state index in [4.69, 9.17) is 4.74 Å². The van der Waals surface area contributed by atoms with Crippen molar-refractivity contribution in [2.75, 3.05) is 19.0 Å². The number of urea groups is 1. The maximum Gasteiger partial charge on any atom is 0.338 e. The van der Waals surface area contributed by atoms with Gasteiger partial charge in [-0.3, -0.25) is 0 Å². The minimum absolute atomic E-state index is 0.225. The number of benzene rings is 1. The number of hydrogen-bond acceptors (Lipinski definition) is 4. The first-order chi connectivity index (χ1) is 10.8. The van der Waals surface area contributed by atoms with E-state index in [1.54, 1.807) is 20.8 Å². The van der Waals surface area contributed by atoms with Crippen LogP contribution in [0.4, 0.5) is 10.5 Å². The number of nitrogens with one attached hydrogen (secondary N) is 2. The maximum absolute atomic E-state index is 12.4. The number of amides is 2. The Morgan fingerprint density at radius 1 is 1.22 bits per heavy atom. The fourth-order valence-corrected chi connectivity index (χ4v) is 2.46. The molecule has 2 N–H and O–H groups in total. The molecule has 1 heterocycles. The number of esters is 1. The molecule has 0 radical (unpaired) electrons. The minimum atomic E-state index is -0.522. The van der Waals surface area contributed by atoms with E-state index in [2.05, 4.69) is 10.6 Å². The van der Waals surface area contributed by atoms with Crippen LogP contribution in [0.15, 0.2) is 35.5 Å². The van der Waals surface area contributed by atoms with E-state index in [1.165, 1.54) is 0 Å². The van der Waals surface area contributed by atoms with Gasteiger partial charge < -0.3 is 20.3 Å². The molecule has 1 atom stereocenters. The average Bonchev–Trinajstić information content (AvgIpc) is 2.45. The fraction of sp³-hybridized carbons (Fsp3) is 0.412. The quantitative estimate of drug-likeness (QED) is 0.836. The largest absolute Gasteiger partial charge is 0.459 e. The SMILES string of the molecule is CC1=C(C(=O)OC(C)C)C(c2ccc(N(C)C)cc2)NC(=O)N1. The van der Waals surface area contributed by atoms with E-state index in [1.807, 2.05) is 43.3 Å². The van der Waals surface area contributed by atoms with E-state index in [0.29, 0.717) is 11.3 Å². The molecular weight excluding hydrogens is 294 g/mol. The first-order valence-corrected chi connectivity index (χ1v) is 7.56. The number of carbonyl (C=O) groups excluding carboxylic acids is 2. The molecule has 0 saturated carbocycles. The Kier molecular flexibility index (Phi) is 4.93. The molecule has 0 aromatic heterocycles. The second-order valence-corrected chi connectivity index (χ2v) is 6.01. The summed E-state index contributed by atoms with van der Waals surface area (Å²) in [4.78, 5) is 26.2. The summed E-state index contributed by atoms with van der Waals surface area (Å²) in [6.07, 6.45) is -0.225. The molecule has 2 rings (SSSR count). The van der Waals surface area contributed by atoms with Gasteiger partial charge in [-0.15, -0.1) is 0 Å². The van der Waals surface area contributed by atoms with Gasteiger partial charge >= 0.3 is 12.0 Å². The topological polar surface area (TPSA) is 70.7 Å². The average molecular weight is 317 g/mol. The van der Waals surface area contributed by atoms with Gasteiger partial charge in [-0.1, -0.05) is 12.1 Å². The molecule has 23 heavy (non-hydrogen) atoms. The molecule has 1 aromatic carbocycles. The van der Waals surface area contributed by atoms with Gasteiger partial charge in [-0.05, 0) is 38.5 Å². The zero-order chi connectivity index (χ0) is 17.1. The number of nitrogens with zero attached hydrogens (tertiary/aromatic N) is 1. The fourth-order valence-electron chi connectivity index (χ4n) is 2.46. The molecule has 0 fully saturated rings. The second-order valence-electron chi connectivity index (χ2n) is 6.01. The summed E-state index contributed by atoms with van der Waals surface area (Å²) in [7, 11) is 3.91. The molecular formula is C17H23N3O3. The van der Waals surface area contributed by atoms with Gasteiger partial charge in [-0.25, -0.2) is 9.59 Å². The minimum Gasteiger partial charge on any atom is -0.459 e. The Hall–Kier alpha value is -2.50. The molecule has 0 aliphatic carbocycles. The Labute approximate surface area is 136 Å². The third-order valence-corrected chi connectivity index (χ3v) is 3.57. The van der Waals surface area contributed by atoms with E-state index in [0.717, 1.165) is 11.3 Å². The summed E-state index contributed by atoms with van der Waals surface area (Å²) in [5.41, 5.74) is 2.82. The Balaban J connectivity index is 2.38. The molecule has 6 heteroatoms. The van der Waals surface area contributed by atoms with Gasteiger partial charge in [0.1, 0.15) is 0 Å². The van der Waals surface area contributed by atoms with Crippen LogP contribution in [-0.2, 0) is 9.53 Å². The predicted octanol–water partition coefficient (Wildman–Crippen LogP) is 2.33. The van der Waals surface area contributed by atoms with E-state index >= 15 is 0 Å². The number of anilines is 1.